The van der Waals surface area contributed by atoms with Crippen molar-refractivity contribution in [3.05, 3.63) is 52.9 Å². The number of benzene rings is 1. The number of hydrogen-bond acceptors (Lipinski definition) is 5. The molecule has 3 heterocycles. The largest absolute Gasteiger partial charge is 0.352 e. The third kappa shape index (κ3) is 4.94. The van der Waals surface area contributed by atoms with Crippen molar-refractivity contribution in [3.63, 3.8) is 0 Å². The molecule has 1 atom stereocenters. The van der Waals surface area contributed by atoms with Crippen molar-refractivity contribution in [3.8, 4) is 0 Å². The van der Waals surface area contributed by atoms with Crippen LogP contribution in [0.4, 0.5) is 0 Å². The molecule has 1 unspecified atom stereocenters. The van der Waals surface area contributed by atoms with Crippen molar-refractivity contribution < 1.29 is 13.2 Å². The number of hydrogen-bond donors (Lipinski definition) is 1. The van der Waals surface area contributed by atoms with Gasteiger partial charge in [0.25, 0.3) is 10.0 Å². The van der Waals surface area contributed by atoms with Crippen LogP contribution in [0.25, 0.3) is 0 Å². The molecular weight excluding hydrogens is 418 g/mol. The van der Waals surface area contributed by atoms with Gasteiger partial charge in [0.05, 0.1) is 5.92 Å². The number of sulfonamides is 1. The Morgan fingerprint density at radius 2 is 1.80 bits per heavy atom. The first-order chi connectivity index (χ1) is 14.5. The van der Waals surface area contributed by atoms with Gasteiger partial charge < -0.3 is 5.32 Å². The number of amides is 1. The van der Waals surface area contributed by atoms with Gasteiger partial charge in [-0.2, -0.15) is 4.31 Å². The molecule has 1 N–H and O–H groups in total. The van der Waals surface area contributed by atoms with Gasteiger partial charge in [0.15, 0.2) is 0 Å². The minimum Gasteiger partial charge on any atom is -0.352 e. The van der Waals surface area contributed by atoms with E-state index in [0.29, 0.717) is 23.7 Å². The van der Waals surface area contributed by atoms with Gasteiger partial charge >= 0.3 is 0 Å². The van der Waals surface area contributed by atoms with E-state index in [1.807, 2.05) is 12.1 Å². The van der Waals surface area contributed by atoms with Gasteiger partial charge in [-0.25, -0.2) is 8.42 Å². The second kappa shape index (κ2) is 9.60. The van der Waals surface area contributed by atoms with Crippen LogP contribution >= 0.6 is 11.3 Å². The molecular formula is C22H29N3O3S2. The summed E-state index contributed by atoms with van der Waals surface area (Å²) in [7, 11) is -3.51. The van der Waals surface area contributed by atoms with Crippen molar-refractivity contribution in [2.24, 2.45) is 5.92 Å². The zero-order valence-electron chi connectivity index (χ0n) is 17.1. The van der Waals surface area contributed by atoms with E-state index in [4.69, 9.17) is 0 Å². The van der Waals surface area contributed by atoms with Crippen LogP contribution in [0.3, 0.4) is 0 Å². The predicted octanol–water partition coefficient (Wildman–Crippen LogP) is 3.06. The molecule has 6 nitrogen and oxygen atoms in total. The molecule has 2 aliphatic rings. The molecule has 0 spiro atoms. The standard InChI is InChI=1S/C22H29N3O3S2/c26-22(20-9-5-13-25(17-20)30(27,28)21-10-6-14-29-21)23-15-18-7-1-2-8-19(18)16-24-11-3-4-12-24/h1-2,6-8,10,14,20H,3-5,9,11-13,15-17H2,(H,23,26). The van der Waals surface area contributed by atoms with Crippen LogP contribution < -0.4 is 5.32 Å². The Labute approximate surface area is 182 Å². The first-order valence-electron chi connectivity index (χ1n) is 10.6. The Morgan fingerprint density at radius 3 is 2.53 bits per heavy atom. The molecule has 1 aromatic heterocycles. The molecule has 8 heteroatoms. The van der Waals surface area contributed by atoms with Gasteiger partial charge in [0.1, 0.15) is 4.21 Å². The Kier molecular flexibility index (Phi) is 6.87. The quantitative estimate of drug-likeness (QED) is 0.708. The van der Waals surface area contributed by atoms with Crippen molar-refractivity contribution >= 4 is 27.3 Å². The Balaban J connectivity index is 1.36. The lowest BCUT2D eigenvalue weighted by atomic mass is 9.98. The fourth-order valence-electron chi connectivity index (χ4n) is 4.30. The fraction of sp³-hybridized carbons (Fsp3) is 0.500. The number of rotatable bonds is 7. The smallest absolute Gasteiger partial charge is 0.252 e. The highest BCUT2D eigenvalue weighted by Crippen LogP contribution is 2.26. The van der Waals surface area contributed by atoms with Gasteiger partial charge in [0, 0.05) is 26.2 Å². The molecule has 162 valence electrons. The molecule has 30 heavy (non-hydrogen) atoms. The highest BCUT2D eigenvalue weighted by molar-refractivity contribution is 7.91. The molecule has 0 radical (unpaired) electrons. The van der Waals surface area contributed by atoms with Gasteiger partial charge in [-0.15, -0.1) is 11.3 Å². The zero-order valence-corrected chi connectivity index (χ0v) is 18.8. The fourth-order valence-corrected chi connectivity index (χ4v) is 6.97. The number of carbonyl (C=O) groups excluding carboxylic acids is 1. The Hall–Kier alpha value is -1.74. The summed E-state index contributed by atoms with van der Waals surface area (Å²) >= 11 is 1.22. The van der Waals surface area contributed by atoms with E-state index in [1.165, 1.54) is 34.0 Å². The molecule has 0 saturated carbocycles. The minimum atomic E-state index is -3.51. The summed E-state index contributed by atoms with van der Waals surface area (Å²) in [5.41, 5.74) is 2.39. The maximum atomic E-state index is 12.8. The first kappa shape index (κ1) is 21.5. The monoisotopic (exact) mass is 447 g/mol. The summed E-state index contributed by atoms with van der Waals surface area (Å²) in [6.07, 6.45) is 3.93. The van der Waals surface area contributed by atoms with Crippen LogP contribution in [0.1, 0.15) is 36.8 Å². The molecule has 2 saturated heterocycles. The average Bonchev–Trinajstić information content (AvgIpc) is 3.48. The van der Waals surface area contributed by atoms with Gasteiger partial charge in [-0.1, -0.05) is 30.3 Å². The van der Waals surface area contributed by atoms with E-state index in [1.54, 1.807) is 17.5 Å². The Morgan fingerprint density at radius 1 is 1.03 bits per heavy atom. The maximum absolute atomic E-state index is 12.8. The molecule has 2 aliphatic heterocycles. The zero-order chi connectivity index (χ0) is 21.0. The number of likely N-dealkylation sites (tertiary alicyclic amines) is 1. The highest BCUT2D eigenvalue weighted by atomic mass is 32.2. The SMILES string of the molecule is O=C(NCc1ccccc1CN1CCCC1)C1CCCN(S(=O)(=O)c2cccs2)C1. The second-order valence-corrected chi connectivity index (χ2v) is 11.2. The second-order valence-electron chi connectivity index (χ2n) is 8.10. The number of nitrogens with zero attached hydrogens (tertiary/aromatic N) is 2. The van der Waals surface area contributed by atoms with Gasteiger partial charge in [-0.3, -0.25) is 9.69 Å². The average molecular weight is 448 g/mol. The lowest BCUT2D eigenvalue weighted by Crippen LogP contribution is -2.45. The lowest BCUT2D eigenvalue weighted by molar-refractivity contribution is -0.126. The van der Waals surface area contributed by atoms with Crippen LogP contribution in [0.15, 0.2) is 46.0 Å². The number of thiophene rings is 1. The van der Waals surface area contributed by atoms with E-state index in [0.717, 1.165) is 31.6 Å². The summed E-state index contributed by atoms with van der Waals surface area (Å²) in [5.74, 6) is -0.365. The number of carbonyl (C=O) groups is 1. The third-order valence-electron chi connectivity index (χ3n) is 6.01. The highest BCUT2D eigenvalue weighted by Gasteiger charge is 2.33. The molecule has 0 aliphatic carbocycles. The van der Waals surface area contributed by atoms with E-state index >= 15 is 0 Å². The van der Waals surface area contributed by atoms with E-state index in [2.05, 4.69) is 22.3 Å². The molecule has 1 amide bonds. The Bertz CT molecular complexity index is 954. The summed E-state index contributed by atoms with van der Waals surface area (Å²) in [6, 6.07) is 11.6. The lowest BCUT2D eigenvalue weighted by Gasteiger charge is -2.30. The molecule has 4 rings (SSSR count). The number of nitrogens with one attached hydrogen (secondary N) is 1. The maximum Gasteiger partial charge on any atom is 0.252 e. The topological polar surface area (TPSA) is 69.7 Å². The van der Waals surface area contributed by atoms with Crippen LogP contribution in [0.5, 0.6) is 0 Å². The van der Waals surface area contributed by atoms with Crippen LogP contribution in [-0.4, -0.2) is 49.7 Å². The molecule has 2 aromatic rings. The van der Waals surface area contributed by atoms with Crippen molar-refractivity contribution in [1.82, 2.24) is 14.5 Å². The van der Waals surface area contributed by atoms with Crippen LogP contribution in [0.2, 0.25) is 0 Å². The van der Waals surface area contributed by atoms with E-state index in [-0.39, 0.29) is 18.4 Å². The summed E-state index contributed by atoms with van der Waals surface area (Å²) in [5, 5.41) is 4.83. The van der Waals surface area contributed by atoms with E-state index in [9.17, 15) is 13.2 Å². The van der Waals surface area contributed by atoms with Crippen molar-refractivity contribution in [2.75, 3.05) is 26.2 Å². The molecule has 1 aromatic carbocycles. The summed E-state index contributed by atoms with van der Waals surface area (Å²) < 4.78 is 27.4. The first-order valence-corrected chi connectivity index (χ1v) is 13.0. The van der Waals surface area contributed by atoms with Crippen molar-refractivity contribution in [2.45, 2.75) is 43.0 Å². The van der Waals surface area contributed by atoms with Crippen LogP contribution in [-0.2, 0) is 27.9 Å². The normalized spacial score (nSPS) is 21.0. The molecule has 0 bridgehead atoms. The summed E-state index contributed by atoms with van der Waals surface area (Å²) in [6.45, 7) is 4.40. The van der Waals surface area contributed by atoms with E-state index < -0.39 is 10.0 Å². The van der Waals surface area contributed by atoms with Crippen LogP contribution in [0, 0.1) is 5.92 Å². The summed E-state index contributed by atoms with van der Waals surface area (Å²) in [4.78, 5) is 15.3. The predicted molar refractivity (Wildman–Crippen MR) is 119 cm³/mol. The molecule has 2 fully saturated rings. The van der Waals surface area contributed by atoms with Gasteiger partial charge in [0.2, 0.25) is 5.91 Å². The minimum absolute atomic E-state index is 0.0583. The number of piperidine rings is 1. The van der Waals surface area contributed by atoms with Gasteiger partial charge in [-0.05, 0) is 61.3 Å². The van der Waals surface area contributed by atoms with Crippen molar-refractivity contribution in [1.29, 1.82) is 0 Å². The third-order valence-corrected chi connectivity index (χ3v) is 9.25.